The van der Waals surface area contributed by atoms with Crippen molar-refractivity contribution in [1.29, 1.82) is 0 Å². The third-order valence-electron chi connectivity index (χ3n) is 5.88. The van der Waals surface area contributed by atoms with Gasteiger partial charge in [-0.25, -0.2) is 0 Å². The molecule has 0 aliphatic carbocycles. The van der Waals surface area contributed by atoms with E-state index in [9.17, 15) is 9.59 Å². The van der Waals surface area contributed by atoms with Gasteiger partial charge in [-0.1, -0.05) is 54.1 Å². The van der Waals surface area contributed by atoms with Gasteiger partial charge in [0.05, 0.1) is 6.42 Å². The average Bonchev–Trinajstić information content (AvgIpc) is 2.79. The lowest BCUT2D eigenvalue weighted by atomic mass is 9.97. The van der Waals surface area contributed by atoms with Crippen molar-refractivity contribution in [2.24, 2.45) is 0 Å². The Labute approximate surface area is 183 Å². The molecule has 0 N–H and O–H groups in total. The van der Waals surface area contributed by atoms with E-state index in [1.165, 1.54) is 0 Å². The Balaban J connectivity index is 1.55. The first-order valence-electron chi connectivity index (χ1n) is 10.6. The number of nitrogens with zero attached hydrogens (tertiary/aromatic N) is 3. The molecule has 5 heteroatoms. The second kappa shape index (κ2) is 9.13. The molecule has 31 heavy (non-hydrogen) atoms. The molecule has 5 nitrogen and oxygen atoms in total. The van der Waals surface area contributed by atoms with Gasteiger partial charge in [0.1, 0.15) is 6.04 Å². The zero-order valence-electron chi connectivity index (χ0n) is 18.0. The van der Waals surface area contributed by atoms with Crippen LogP contribution in [0.25, 0.3) is 11.1 Å². The van der Waals surface area contributed by atoms with E-state index in [1.807, 2.05) is 68.6 Å². The second-order valence-electron chi connectivity index (χ2n) is 8.17. The van der Waals surface area contributed by atoms with Gasteiger partial charge in [0.15, 0.2) is 0 Å². The summed E-state index contributed by atoms with van der Waals surface area (Å²) in [5.74, 6) is -0.00147. The number of carbonyl (C=O) groups excluding carboxylic acids is 2. The van der Waals surface area contributed by atoms with E-state index in [-0.39, 0.29) is 11.8 Å². The predicted octanol–water partition coefficient (Wildman–Crippen LogP) is 3.51. The monoisotopic (exact) mass is 413 g/mol. The minimum atomic E-state index is -0.482. The molecule has 0 bridgehead atoms. The van der Waals surface area contributed by atoms with Crippen LogP contribution >= 0.6 is 0 Å². The molecule has 2 heterocycles. The normalized spacial score (nSPS) is 16.5. The summed E-state index contributed by atoms with van der Waals surface area (Å²) in [5.41, 5.74) is 5.33. The molecule has 0 saturated carbocycles. The Hall–Kier alpha value is -3.47. The van der Waals surface area contributed by atoms with Crippen molar-refractivity contribution in [3.63, 3.8) is 0 Å². The van der Waals surface area contributed by atoms with Crippen LogP contribution in [0.3, 0.4) is 0 Å². The van der Waals surface area contributed by atoms with Crippen molar-refractivity contribution in [1.82, 2.24) is 14.8 Å². The minimum Gasteiger partial charge on any atom is -0.342 e. The lowest BCUT2D eigenvalue weighted by Crippen LogP contribution is -2.58. The molecular weight excluding hydrogens is 386 g/mol. The highest BCUT2D eigenvalue weighted by molar-refractivity contribution is 5.89. The van der Waals surface area contributed by atoms with Crippen LogP contribution < -0.4 is 0 Å². The van der Waals surface area contributed by atoms with Crippen molar-refractivity contribution >= 4 is 11.8 Å². The summed E-state index contributed by atoms with van der Waals surface area (Å²) in [6.45, 7) is 3.15. The van der Waals surface area contributed by atoms with E-state index in [0.29, 0.717) is 25.9 Å². The van der Waals surface area contributed by atoms with Crippen LogP contribution in [0.5, 0.6) is 0 Å². The zero-order valence-corrected chi connectivity index (χ0v) is 18.0. The van der Waals surface area contributed by atoms with Crippen LogP contribution in [-0.2, 0) is 22.4 Å². The number of carbonyl (C=O) groups is 2. The van der Waals surface area contributed by atoms with Gasteiger partial charge >= 0.3 is 0 Å². The van der Waals surface area contributed by atoms with Crippen molar-refractivity contribution < 1.29 is 9.59 Å². The molecule has 1 atom stereocenters. The van der Waals surface area contributed by atoms with E-state index in [2.05, 4.69) is 11.1 Å². The first-order valence-corrected chi connectivity index (χ1v) is 10.6. The largest absolute Gasteiger partial charge is 0.342 e. The standard InChI is InChI=1S/C26H27N3O2/c1-19-6-8-20(9-7-19)18-25(30)29-15-14-28(2)26(31)24(29)17-21-4-3-5-23(16-21)22-10-12-27-13-11-22/h3-13,16,24H,14-15,17-18H2,1-2H3/t24-/m0/s1. The molecule has 0 unspecified atom stereocenters. The first kappa shape index (κ1) is 20.8. The van der Waals surface area contributed by atoms with Crippen LogP contribution in [0, 0.1) is 6.92 Å². The zero-order chi connectivity index (χ0) is 21.8. The Morgan fingerprint density at radius 3 is 2.45 bits per heavy atom. The van der Waals surface area contributed by atoms with Gasteiger partial charge in [-0.05, 0) is 41.3 Å². The molecule has 0 spiro atoms. The fourth-order valence-electron chi connectivity index (χ4n) is 4.04. The fraction of sp³-hybridized carbons (Fsp3) is 0.269. The van der Waals surface area contributed by atoms with Gasteiger partial charge in [-0.3, -0.25) is 14.6 Å². The predicted molar refractivity (Wildman–Crippen MR) is 121 cm³/mol. The lowest BCUT2D eigenvalue weighted by Gasteiger charge is -2.39. The summed E-state index contributed by atoms with van der Waals surface area (Å²) in [6.07, 6.45) is 4.35. The smallest absolute Gasteiger partial charge is 0.245 e. The lowest BCUT2D eigenvalue weighted by molar-refractivity contribution is -0.149. The average molecular weight is 414 g/mol. The summed E-state index contributed by atoms with van der Waals surface area (Å²) < 4.78 is 0. The van der Waals surface area contributed by atoms with E-state index in [4.69, 9.17) is 0 Å². The molecule has 4 rings (SSSR count). The molecule has 1 fully saturated rings. The molecule has 0 radical (unpaired) electrons. The van der Waals surface area contributed by atoms with Gasteiger partial charge in [-0.15, -0.1) is 0 Å². The maximum atomic E-state index is 13.1. The molecule has 3 aromatic rings. The molecule has 1 aromatic heterocycles. The number of rotatable bonds is 5. The van der Waals surface area contributed by atoms with Crippen molar-refractivity contribution in [2.75, 3.05) is 20.1 Å². The highest BCUT2D eigenvalue weighted by Crippen LogP contribution is 2.23. The van der Waals surface area contributed by atoms with Crippen LogP contribution in [0.4, 0.5) is 0 Å². The molecular formula is C26H27N3O2. The molecule has 2 amide bonds. The Morgan fingerprint density at radius 2 is 1.71 bits per heavy atom. The number of amides is 2. The summed E-state index contributed by atoms with van der Waals surface area (Å²) in [5, 5.41) is 0. The number of piperazine rings is 1. The molecule has 1 aliphatic heterocycles. The number of benzene rings is 2. The Kier molecular flexibility index (Phi) is 6.12. The van der Waals surface area contributed by atoms with E-state index in [0.717, 1.165) is 27.8 Å². The SMILES string of the molecule is Cc1ccc(CC(=O)N2CCN(C)C(=O)[C@@H]2Cc2cccc(-c3ccncc3)c2)cc1. The summed E-state index contributed by atoms with van der Waals surface area (Å²) >= 11 is 0. The van der Waals surface area contributed by atoms with Crippen LogP contribution in [0.15, 0.2) is 73.1 Å². The van der Waals surface area contributed by atoms with Gasteiger partial charge in [0, 0.05) is 39.0 Å². The first-order chi connectivity index (χ1) is 15.0. The van der Waals surface area contributed by atoms with Crippen LogP contribution in [0.1, 0.15) is 16.7 Å². The Morgan fingerprint density at radius 1 is 0.968 bits per heavy atom. The number of aryl methyl sites for hydroxylation is 1. The topological polar surface area (TPSA) is 53.5 Å². The van der Waals surface area contributed by atoms with Gasteiger partial charge in [0.25, 0.3) is 0 Å². The van der Waals surface area contributed by atoms with Gasteiger partial charge < -0.3 is 9.80 Å². The van der Waals surface area contributed by atoms with E-state index < -0.39 is 6.04 Å². The summed E-state index contributed by atoms with van der Waals surface area (Å²) in [4.78, 5) is 33.7. The third-order valence-corrected chi connectivity index (χ3v) is 5.88. The van der Waals surface area contributed by atoms with Gasteiger partial charge in [-0.2, -0.15) is 0 Å². The highest BCUT2D eigenvalue weighted by Gasteiger charge is 2.35. The van der Waals surface area contributed by atoms with Crippen molar-refractivity contribution in [3.05, 3.63) is 89.7 Å². The maximum Gasteiger partial charge on any atom is 0.245 e. The summed E-state index contributed by atoms with van der Waals surface area (Å²) in [7, 11) is 1.81. The number of hydrogen-bond donors (Lipinski definition) is 0. The fourth-order valence-corrected chi connectivity index (χ4v) is 4.04. The van der Waals surface area contributed by atoms with Crippen LogP contribution in [0.2, 0.25) is 0 Å². The molecule has 1 saturated heterocycles. The quantitative estimate of drug-likeness (QED) is 0.643. The molecule has 1 aliphatic rings. The highest BCUT2D eigenvalue weighted by atomic mass is 16.2. The van der Waals surface area contributed by atoms with E-state index >= 15 is 0 Å². The van der Waals surface area contributed by atoms with Crippen molar-refractivity contribution in [2.45, 2.75) is 25.8 Å². The molecule has 158 valence electrons. The number of hydrogen-bond acceptors (Lipinski definition) is 3. The number of likely N-dealkylation sites (N-methyl/N-ethyl adjacent to an activating group) is 1. The van der Waals surface area contributed by atoms with Gasteiger partial charge in [0.2, 0.25) is 11.8 Å². The number of aromatic nitrogens is 1. The van der Waals surface area contributed by atoms with Crippen molar-refractivity contribution in [3.8, 4) is 11.1 Å². The van der Waals surface area contributed by atoms with E-state index in [1.54, 1.807) is 22.2 Å². The number of pyridine rings is 1. The minimum absolute atomic E-state index is 0.000548. The molecule has 2 aromatic carbocycles. The maximum absolute atomic E-state index is 13.1. The van der Waals surface area contributed by atoms with Crippen LogP contribution in [-0.4, -0.2) is 52.8 Å². The third kappa shape index (κ3) is 4.82. The Bertz CT molecular complexity index is 1060. The second-order valence-corrected chi connectivity index (χ2v) is 8.17. The summed E-state index contributed by atoms with van der Waals surface area (Å²) in [6, 6.07) is 19.6.